The third-order valence-corrected chi connectivity index (χ3v) is 8.70. The molecule has 0 fully saturated rings. The minimum Gasteiger partial charge on any atom is -0.499 e. The lowest BCUT2D eigenvalue weighted by atomic mass is 10.0. The summed E-state index contributed by atoms with van der Waals surface area (Å²) in [4.78, 5) is 0. The highest BCUT2D eigenvalue weighted by Gasteiger charge is 1.98. The van der Waals surface area contributed by atoms with Crippen LogP contribution in [0.25, 0.3) is 0 Å². The Labute approximate surface area is 348 Å². The van der Waals surface area contributed by atoms with E-state index in [4.69, 9.17) is 61.6 Å². The molecule has 0 aliphatic rings. The molecule has 0 atom stereocenters. The molecule has 13 heteroatoms. The van der Waals surface area contributed by atoms with Crippen molar-refractivity contribution in [2.75, 3.05) is 165 Å². The summed E-state index contributed by atoms with van der Waals surface area (Å²) in [5, 5.41) is 0. The molecule has 0 saturated heterocycles. The first-order valence-electron chi connectivity index (χ1n) is 22.6. The van der Waals surface area contributed by atoms with Crippen molar-refractivity contribution in [2.24, 2.45) is 0 Å². The second kappa shape index (κ2) is 55.1. The quantitative estimate of drug-likeness (QED) is 0.0443. The molecule has 0 heterocycles. The van der Waals surface area contributed by atoms with Crippen molar-refractivity contribution in [3.8, 4) is 0 Å². The molecule has 0 saturated carbocycles. The van der Waals surface area contributed by atoms with Crippen LogP contribution in [-0.4, -0.2) is 165 Å². The van der Waals surface area contributed by atoms with Crippen molar-refractivity contribution in [3.05, 3.63) is 12.8 Å². The van der Waals surface area contributed by atoms with Gasteiger partial charge in [-0.15, -0.1) is 0 Å². The molecule has 0 radical (unpaired) electrons. The van der Waals surface area contributed by atoms with Gasteiger partial charge in [-0.3, -0.25) is 0 Å². The molecule has 0 aromatic rings. The van der Waals surface area contributed by atoms with Gasteiger partial charge in [0.05, 0.1) is 158 Å². The van der Waals surface area contributed by atoms with Crippen molar-refractivity contribution in [1.29, 1.82) is 0 Å². The highest BCUT2D eigenvalue weighted by Crippen LogP contribution is 2.13. The van der Waals surface area contributed by atoms with E-state index in [1.54, 1.807) is 0 Å². The maximum Gasteiger partial charge on any atom is 0.111 e. The SMILES string of the molecule is C=COCCOCCOCCOCCOCCOCCOCCOCCOCCOCCOCCOCCOCCCCCCCCCCCCCCCCCC. The lowest BCUT2D eigenvalue weighted by Crippen LogP contribution is -2.15. The van der Waals surface area contributed by atoms with Crippen LogP contribution in [0.4, 0.5) is 0 Å². The third kappa shape index (κ3) is 55.1. The average molecular weight is 825 g/mol. The number of rotatable bonds is 54. The number of hydrogen-bond donors (Lipinski definition) is 0. The molecular formula is C44H88O13. The Morgan fingerprint density at radius 3 is 0.614 bits per heavy atom. The van der Waals surface area contributed by atoms with E-state index < -0.39 is 0 Å². The molecule has 342 valence electrons. The first-order valence-corrected chi connectivity index (χ1v) is 22.6. The van der Waals surface area contributed by atoms with E-state index in [9.17, 15) is 0 Å². The normalized spacial score (nSPS) is 11.5. The fraction of sp³-hybridized carbons (Fsp3) is 0.955. The van der Waals surface area contributed by atoms with Crippen molar-refractivity contribution in [2.45, 2.75) is 110 Å². The van der Waals surface area contributed by atoms with Gasteiger partial charge in [0.2, 0.25) is 0 Å². The molecule has 0 aliphatic carbocycles. The zero-order chi connectivity index (χ0) is 40.9. The summed E-state index contributed by atoms with van der Waals surface area (Å²) < 4.78 is 71.0. The van der Waals surface area contributed by atoms with Gasteiger partial charge in [0.1, 0.15) is 6.61 Å². The van der Waals surface area contributed by atoms with Gasteiger partial charge in [0, 0.05) is 6.61 Å². The number of ether oxygens (including phenoxy) is 13. The summed E-state index contributed by atoms with van der Waals surface area (Å²) in [5.41, 5.74) is 0. The third-order valence-electron chi connectivity index (χ3n) is 8.70. The minimum absolute atomic E-state index is 0.503. The van der Waals surface area contributed by atoms with Gasteiger partial charge in [0.25, 0.3) is 0 Å². The second-order valence-electron chi connectivity index (χ2n) is 13.7. The Morgan fingerprint density at radius 2 is 0.404 bits per heavy atom. The Kier molecular flexibility index (Phi) is 54.2. The Morgan fingerprint density at radius 1 is 0.228 bits per heavy atom. The molecule has 0 rings (SSSR count). The van der Waals surface area contributed by atoms with Crippen LogP contribution >= 0.6 is 0 Å². The summed E-state index contributed by atoms with van der Waals surface area (Å²) in [6.07, 6.45) is 23.6. The van der Waals surface area contributed by atoms with E-state index in [0.29, 0.717) is 159 Å². The molecule has 0 aliphatic heterocycles. The fourth-order valence-corrected chi connectivity index (χ4v) is 5.46. The molecule has 0 N–H and O–H groups in total. The first kappa shape index (κ1) is 56.1. The van der Waals surface area contributed by atoms with Crippen molar-refractivity contribution in [1.82, 2.24) is 0 Å². The minimum atomic E-state index is 0.503. The molecule has 0 aromatic heterocycles. The van der Waals surface area contributed by atoms with Gasteiger partial charge in [-0.05, 0) is 6.42 Å². The van der Waals surface area contributed by atoms with Gasteiger partial charge in [-0.1, -0.05) is 110 Å². The topological polar surface area (TPSA) is 120 Å². The van der Waals surface area contributed by atoms with Crippen LogP contribution in [-0.2, 0) is 61.6 Å². The fourth-order valence-electron chi connectivity index (χ4n) is 5.46. The lowest BCUT2D eigenvalue weighted by Gasteiger charge is -2.09. The van der Waals surface area contributed by atoms with Gasteiger partial charge in [-0.25, -0.2) is 0 Å². The van der Waals surface area contributed by atoms with Crippen LogP contribution in [0, 0.1) is 0 Å². The predicted molar refractivity (Wildman–Crippen MR) is 226 cm³/mol. The molecule has 0 unspecified atom stereocenters. The highest BCUT2D eigenvalue weighted by molar-refractivity contribution is 4.51. The summed E-state index contributed by atoms with van der Waals surface area (Å²) in [6.45, 7) is 19.4. The van der Waals surface area contributed by atoms with E-state index in [-0.39, 0.29) is 0 Å². The van der Waals surface area contributed by atoms with E-state index in [0.717, 1.165) is 13.0 Å². The summed E-state index contributed by atoms with van der Waals surface area (Å²) >= 11 is 0. The predicted octanol–water partition coefficient (Wildman–Crippen LogP) is 7.61. The van der Waals surface area contributed by atoms with Gasteiger partial charge in [0.15, 0.2) is 0 Å². The summed E-state index contributed by atoms with van der Waals surface area (Å²) in [6, 6.07) is 0. The van der Waals surface area contributed by atoms with Crippen LogP contribution < -0.4 is 0 Å². The van der Waals surface area contributed by atoms with Crippen LogP contribution in [0.3, 0.4) is 0 Å². The van der Waals surface area contributed by atoms with Crippen molar-refractivity contribution >= 4 is 0 Å². The number of unbranched alkanes of at least 4 members (excludes halogenated alkanes) is 15. The largest absolute Gasteiger partial charge is 0.499 e. The summed E-state index contributed by atoms with van der Waals surface area (Å²) in [5.74, 6) is 0. The van der Waals surface area contributed by atoms with E-state index in [1.165, 1.54) is 103 Å². The summed E-state index contributed by atoms with van der Waals surface area (Å²) in [7, 11) is 0. The molecule has 57 heavy (non-hydrogen) atoms. The van der Waals surface area contributed by atoms with Gasteiger partial charge >= 0.3 is 0 Å². The monoisotopic (exact) mass is 825 g/mol. The molecule has 0 amide bonds. The maximum atomic E-state index is 5.70. The lowest BCUT2D eigenvalue weighted by molar-refractivity contribution is -0.0286. The Bertz CT molecular complexity index is 707. The Balaban J connectivity index is 3.05. The van der Waals surface area contributed by atoms with Gasteiger partial charge < -0.3 is 61.6 Å². The maximum absolute atomic E-state index is 5.70. The second-order valence-corrected chi connectivity index (χ2v) is 13.7. The highest BCUT2D eigenvalue weighted by atomic mass is 16.6. The first-order chi connectivity index (χ1) is 28.4. The average Bonchev–Trinajstić information content (AvgIpc) is 3.22. The Hall–Kier alpha value is -0.940. The van der Waals surface area contributed by atoms with Crippen LogP contribution in [0.5, 0.6) is 0 Å². The smallest absolute Gasteiger partial charge is 0.111 e. The molecule has 13 nitrogen and oxygen atoms in total. The zero-order valence-corrected chi connectivity index (χ0v) is 36.6. The molecule has 0 bridgehead atoms. The van der Waals surface area contributed by atoms with Crippen molar-refractivity contribution in [3.63, 3.8) is 0 Å². The van der Waals surface area contributed by atoms with E-state index in [1.807, 2.05) is 0 Å². The van der Waals surface area contributed by atoms with Gasteiger partial charge in [-0.2, -0.15) is 0 Å². The van der Waals surface area contributed by atoms with Crippen LogP contribution in [0.1, 0.15) is 110 Å². The van der Waals surface area contributed by atoms with E-state index in [2.05, 4.69) is 13.5 Å². The zero-order valence-electron chi connectivity index (χ0n) is 36.6. The molecular weight excluding hydrogens is 736 g/mol. The standard InChI is InChI=1S/C44H88O13/c1-3-5-6-7-8-9-10-11-12-13-14-15-16-17-18-19-20-46-23-24-48-27-28-50-31-32-52-35-36-54-39-40-56-43-44-57-42-41-55-38-37-53-34-33-51-30-29-49-26-25-47-22-21-45-4-2/h4H,2-3,5-44H2,1H3. The van der Waals surface area contributed by atoms with Crippen molar-refractivity contribution < 1.29 is 61.6 Å². The van der Waals surface area contributed by atoms with Crippen LogP contribution in [0.2, 0.25) is 0 Å². The van der Waals surface area contributed by atoms with E-state index >= 15 is 0 Å². The van der Waals surface area contributed by atoms with Crippen LogP contribution in [0.15, 0.2) is 12.8 Å². The molecule has 0 spiro atoms. The molecule has 0 aromatic carbocycles. The number of hydrogen-bond acceptors (Lipinski definition) is 13.